The zero-order valence-corrected chi connectivity index (χ0v) is 19.6. The first-order valence-corrected chi connectivity index (χ1v) is 12.1. The van der Waals surface area contributed by atoms with Gasteiger partial charge >= 0.3 is 0 Å². The molecule has 0 fully saturated rings. The molecular weight excluding hydrogens is 458 g/mol. The molecule has 0 saturated heterocycles. The lowest BCUT2D eigenvalue weighted by Gasteiger charge is -2.27. The Morgan fingerprint density at radius 3 is 1.73 bits per heavy atom. The third-order valence-electron chi connectivity index (χ3n) is 7.03. The van der Waals surface area contributed by atoms with Crippen molar-refractivity contribution in [2.75, 3.05) is 4.90 Å². The minimum atomic E-state index is 0.765. The first kappa shape index (κ1) is 20.1. The van der Waals surface area contributed by atoms with Crippen LogP contribution in [0.25, 0.3) is 54.6 Å². The third kappa shape index (κ3) is 2.98. The number of aromatic nitrogens is 2. The number of furan rings is 2. The number of anilines is 3. The molecule has 4 heterocycles. The van der Waals surface area contributed by atoms with E-state index in [-0.39, 0.29) is 0 Å². The number of nitrogens with zero attached hydrogens (tertiary/aromatic N) is 3. The second-order valence-corrected chi connectivity index (χ2v) is 9.12. The Morgan fingerprint density at radius 1 is 0.514 bits per heavy atom. The molecule has 0 aliphatic rings. The SMILES string of the molecule is c1ccc2cc(N(c3cccc4oc5cnccc5c34)c3cccc4oc5cnccc5c34)ccc2c1. The molecule has 0 radical (unpaired) electrons. The van der Waals surface area contributed by atoms with Gasteiger partial charge in [-0.25, -0.2) is 0 Å². The molecular formula is C32H19N3O2. The molecule has 4 aromatic heterocycles. The fourth-order valence-corrected chi connectivity index (χ4v) is 5.42. The van der Waals surface area contributed by atoms with Crippen LogP contribution in [-0.2, 0) is 0 Å². The molecule has 5 nitrogen and oxygen atoms in total. The molecule has 8 rings (SSSR count). The maximum atomic E-state index is 6.21. The van der Waals surface area contributed by atoms with Crippen LogP contribution in [0.15, 0.2) is 125 Å². The van der Waals surface area contributed by atoms with Gasteiger partial charge in [0, 0.05) is 28.9 Å². The average Bonchev–Trinajstić information content (AvgIpc) is 3.52. The first-order chi connectivity index (χ1) is 18.3. The van der Waals surface area contributed by atoms with Crippen molar-refractivity contribution >= 4 is 71.7 Å². The zero-order valence-electron chi connectivity index (χ0n) is 19.6. The van der Waals surface area contributed by atoms with Crippen molar-refractivity contribution in [3.8, 4) is 0 Å². The van der Waals surface area contributed by atoms with Crippen LogP contribution >= 0.6 is 0 Å². The molecule has 4 aromatic carbocycles. The van der Waals surface area contributed by atoms with E-state index >= 15 is 0 Å². The number of fused-ring (bicyclic) bond motifs is 7. The second kappa shape index (κ2) is 7.67. The van der Waals surface area contributed by atoms with Crippen molar-refractivity contribution in [2.24, 2.45) is 0 Å². The summed E-state index contributed by atoms with van der Waals surface area (Å²) in [6.45, 7) is 0. The summed E-state index contributed by atoms with van der Waals surface area (Å²) in [7, 11) is 0. The molecule has 0 spiro atoms. The lowest BCUT2D eigenvalue weighted by molar-refractivity contribution is 0.666. The Morgan fingerprint density at radius 2 is 1.11 bits per heavy atom. The molecule has 0 N–H and O–H groups in total. The molecule has 0 saturated carbocycles. The van der Waals surface area contributed by atoms with Gasteiger partial charge in [-0.15, -0.1) is 0 Å². The summed E-state index contributed by atoms with van der Waals surface area (Å²) < 4.78 is 12.4. The fourth-order valence-electron chi connectivity index (χ4n) is 5.42. The van der Waals surface area contributed by atoms with Gasteiger partial charge in [-0.2, -0.15) is 0 Å². The second-order valence-electron chi connectivity index (χ2n) is 9.12. The van der Waals surface area contributed by atoms with Crippen LogP contribution in [0.5, 0.6) is 0 Å². The standard InChI is InChI=1S/C32H19N3O2/c1-2-6-21-17-22(12-11-20(21)5-1)35(25-7-3-9-27-31(25)23-13-15-33-18-29(23)36-27)26-8-4-10-28-32(26)24-14-16-34-19-30(24)37-28/h1-19H. The molecule has 37 heavy (non-hydrogen) atoms. The van der Waals surface area contributed by atoms with Gasteiger partial charge in [-0.1, -0.05) is 42.5 Å². The summed E-state index contributed by atoms with van der Waals surface area (Å²) >= 11 is 0. The van der Waals surface area contributed by atoms with Crippen molar-refractivity contribution in [1.29, 1.82) is 0 Å². The summed E-state index contributed by atoms with van der Waals surface area (Å²) in [5, 5.41) is 6.51. The van der Waals surface area contributed by atoms with Crippen LogP contribution in [0, 0.1) is 0 Å². The van der Waals surface area contributed by atoms with E-state index in [2.05, 4.69) is 69.5 Å². The molecule has 0 atom stereocenters. The van der Waals surface area contributed by atoms with Crippen LogP contribution in [0.1, 0.15) is 0 Å². The highest BCUT2D eigenvalue weighted by atomic mass is 16.3. The number of hydrogen-bond acceptors (Lipinski definition) is 5. The third-order valence-corrected chi connectivity index (χ3v) is 7.03. The summed E-state index contributed by atoms with van der Waals surface area (Å²) in [6.07, 6.45) is 7.17. The quantitative estimate of drug-likeness (QED) is 0.254. The predicted molar refractivity (Wildman–Crippen MR) is 149 cm³/mol. The van der Waals surface area contributed by atoms with E-state index in [4.69, 9.17) is 8.83 Å². The van der Waals surface area contributed by atoms with Crippen molar-refractivity contribution in [2.45, 2.75) is 0 Å². The summed E-state index contributed by atoms with van der Waals surface area (Å²) in [5.41, 5.74) is 6.26. The van der Waals surface area contributed by atoms with E-state index in [9.17, 15) is 0 Å². The maximum Gasteiger partial charge on any atom is 0.153 e. The molecule has 0 unspecified atom stereocenters. The molecule has 5 heteroatoms. The van der Waals surface area contributed by atoms with E-state index in [0.717, 1.165) is 60.9 Å². The Kier molecular flexibility index (Phi) is 4.16. The molecule has 8 aromatic rings. The largest absolute Gasteiger partial charge is 0.454 e. The topological polar surface area (TPSA) is 55.3 Å². The number of pyridine rings is 2. The monoisotopic (exact) mass is 477 g/mol. The Labute approximate surface area is 211 Å². The molecule has 0 amide bonds. The summed E-state index contributed by atoms with van der Waals surface area (Å²) in [6, 6.07) is 31.4. The van der Waals surface area contributed by atoms with Gasteiger partial charge in [0.15, 0.2) is 11.2 Å². The van der Waals surface area contributed by atoms with Gasteiger partial charge in [0.1, 0.15) is 11.2 Å². The average molecular weight is 478 g/mol. The van der Waals surface area contributed by atoms with Gasteiger partial charge in [-0.3, -0.25) is 9.97 Å². The number of rotatable bonds is 3. The van der Waals surface area contributed by atoms with Crippen molar-refractivity contribution in [3.63, 3.8) is 0 Å². The molecule has 0 aliphatic carbocycles. The normalized spacial score (nSPS) is 11.8. The van der Waals surface area contributed by atoms with Crippen LogP contribution in [-0.4, -0.2) is 9.97 Å². The van der Waals surface area contributed by atoms with Gasteiger partial charge in [0.25, 0.3) is 0 Å². The van der Waals surface area contributed by atoms with Gasteiger partial charge in [-0.05, 0) is 59.3 Å². The minimum absolute atomic E-state index is 0.765. The van der Waals surface area contributed by atoms with E-state index in [1.807, 2.05) is 48.8 Å². The Hall–Kier alpha value is -5.16. The van der Waals surface area contributed by atoms with Gasteiger partial charge in [0.2, 0.25) is 0 Å². The van der Waals surface area contributed by atoms with Crippen LogP contribution in [0.2, 0.25) is 0 Å². The summed E-state index contributed by atoms with van der Waals surface area (Å²) in [5.74, 6) is 0. The van der Waals surface area contributed by atoms with Crippen LogP contribution < -0.4 is 4.90 Å². The van der Waals surface area contributed by atoms with E-state index in [1.165, 1.54) is 10.8 Å². The molecule has 174 valence electrons. The lowest BCUT2D eigenvalue weighted by Crippen LogP contribution is -2.10. The highest BCUT2D eigenvalue weighted by Crippen LogP contribution is 2.46. The Balaban J connectivity index is 1.51. The number of hydrogen-bond donors (Lipinski definition) is 0. The van der Waals surface area contributed by atoms with Crippen molar-refractivity contribution < 1.29 is 8.83 Å². The first-order valence-electron chi connectivity index (χ1n) is 12.1. The van der Waals surface area contributed by atoms with E-state index < -0.39 is 0 Å². The lowest BCUT2D eigenvalue weighted by atomic mass is 10.0. The molecule has 0 aliphatic heterocycles. The van der Waals surface area contributed by atoms with Gasteiger partial charge < -0.3 is 13.7 Å². The van der Waals surface area contributed by atoms with E-state index in [0.29, 0.717) is 0 Å². The van der Waals surface area contributed by atoms with Gasteiger partial charge in [0.05, 0.1) is 34.5 Å². The predicted octanol–water partition coefficient (Wildman–Crippen LogP) is 8.90. The molecule has 0 bridgehead atoms. The zero-order chi connectivity index (χ0) is 24.3. The van der Waals surface area contributed by atoms with Crippen molar-refractivity contribution in [1.82, 2.24) is 9.97 Å². The minimum Gasteiger partial charge on any atom is -0.454 e. The van der Waals surface area contributed by atoms with Crippen LogP contribution in [0.3, 0.4) is 0 Å². The fraction of sp³-hybridized carbons (Fsp3) is 0. The number of benzene rings is 4. The van der Waals surface area contributed by atoms with Crippen molar-refractivity contribution in [3.05, 3.63) is 116 Å². The van der Waals surface area contributed by atoms with Crippen LogP contribution in [0.4, 0.5) is 17.1 Å². The highest BCUT2D eigenvalue weighted by Gasteiger charge is 2.23. The summed E-state index contributed by atoms with van der Waals surface area (Å²) in [4.78, 5) is 10.9. The van der Waals surface area contributed by atoms with E-state index in [1.54, 1.807) is 12.4 Å². The highest BCUT2D eigenvalue weighted by molar-refractivity contribution is 6.17. The maximum absolute atomic E-state index is 6.21. The Bertz CT molecular complexity index is 2010. The smallest absolute Gasteiger partial charge is 0.153 e.